The summed E-state index contributed by atoms with van der Waals surface area (Å²) in [5.74, 6) is 0.664. The lowest BCUT2D eigenvalue weighted by molar-refractivity contribution is 0.357. The van der Waals surface area contributed by atoms with Crippen LogP contribution in [0.3, 0.4) is 0 Å². The van der Waals surface area contributed by atoms with Crippen molar-refractivity contribution in [1.29, 1.82) is 0 Å². The number of benzene rings is 1. The summed E-state index contributed by atoms with van der Waals surface area (Å²) in [5.41, 5.74) is 0.639. The van der Waals surface area contributed by atoms with E-state index in [0.717, 1.165) is 30.0 Å². The summed E-state index contributed by atoms with van der Waals surface area (Å²) in [4.78, 5) is 22.0. The van der Waals surface area contributed by atoms with Crippen molar-refractivity contribution >= 4 is 28.2 Å². The fourth-order valence-electron chi connectivity index (χ4n) is 3.50. The van der Waals surface area contributed by atoms with Crippen LogP contribution in [0, 0.1) is 0 Å². The highest BCUT2D eigenvalue weighted by Crippen LogP contribution is 2.18. The van der Waals surface area contributed by atoms with Gasteiger partial charge in [-0.05, 0) is 43.6 Å². The number of nitrogens with one attached hydrogen (secondary N) is 2. The molecule has 26 heavy (non-hydrogen) atoms. The molecule has 2 N–H and O–H groups in total. The molecule has 140 valence electrons. The van der Waals surface area contributed by atoms with Crippen molar-refractivity contribution in [3.05, 3.63) is 40.4 Å². The first-order valence-corrected chi connectivity index (χ1v) is 10.1. The molecule has 0 aliphatic heterocycles. The molecule has 6 heteroatoms. The van der Waals surface area contributed by atoms with Crippen LogP contribution < -0.4 is 10.9 Å². The molecule has 3 rings (SSSR count). The third kappa shape index (κ3) is 4.81. The fourth-order valence-corrected chi connectivity index (χ4v) is 3.83. The van der Waals surface area contributed by atoms with Gasteiger partial charge in [-0.15, -0.1) is 0 Å². The highest BCUT2D eigenvalue weighted by Gasteiger charge is 2.18. The monoisotopic (exact) mass is 372 g/mol. The maximum absolute atomic E-state index is 12.3. The Labute approximate surface area is 160 Å². The number of unbranched alkanes of at least 4 members (excludes halogenated alkanes) is 1. The summed E-state index contributed by atoms with van der Waals surface area (Å²) in [7, 11) is 0. The highest BCUT2D eigenvalue weighted by molar-refractivity contribution is 7.80. The first-order valence-electron chi connectivity index (χ1n) is 9.70. The minimum Gasteiger partial charge on any atom is -0.360 e. The molecule has 0 radical (unpaired) electrons. The van der Waals surface area contributed by atoms with E-state index in [4.69, 9.17) is 12.2 Å². The largest absolute Gasteiger partial charge is 0.360 e. The van der Waals surface area contributed by atoms with Gasteiger partial charge in [0.15, 0.2) is 5.11 Å². The van der Waals surface area contributed by atoms with Crippen molar-refractivity contribution in [1.82, 2.24) is 20.2 Å². The number of fused-ring (bicyclic) bond motifs is 1. The number of hydrogen-bond donors (Lipinski definition) is 2. The lowest BCUT2D eigenvalue weighted by atomic mass is 9.96. The van der Waals surface area contributed by atoms with Crippen LogP contribution in [0.2, 0.25) is 0 Å². The second-order valence-corrected chi connectivity index (χ2v) is 7.48. The Balaban J connectivity index is 1.75. The number of rotatable bonds is 6. The molecule has 0 unspecified atom stereocenters. The lowest BCUT2D eigenvalue weighted by Crippen LogP contribution is -2.45. The molecule has 0 bridgehead atoms. The van der Waals surface area contributed by atoms with E-state index in [9.17, 15) is 4.79 Å². The Morgan fingerprint density at radius 2 is 2.08 bits per heavy atom. The van der Waals surface area contributed by atoms with E-state index in [1.54, 1.807) is 6.07 Å². The molecule has 1 aliphatic rings. The molecule has 1 aromatic heterocycles. The van der Waals surface area contributed by atoms with Crippen LogP contribution in [0.5, 0.6) is 0 Å². The normalized spacial score (nSPS) is 15.1. The number of H-pyrrole nitrogens is 1. The van der Waals surface area contributed by atoms with Gasteiger partial charge >= 0.3 is 0 Å². The van der Waals surface area contributed by atoms with Gasteiger partial charge in [-0.1, -0.05) is 44.7 Å². The van der Waals surface area contributed by atoms with Gasteiger partial charge in [-0.25, -0.2) is 4.98 Å². The molecule has 1 fully saturated rings. The molecule has 0 amide bonds. The Morgan fingerprint density at radius 3 is 2.85 bits per heavy atom. The molecule has 1 aromatic carbocycles. The Kier molecular flexibility index (Phi) is 6.61. The predicted octanol–water partition coefficient (Wildman–Crippen LogP) is 3.73. The summed E-state index contributed by atoms with van der Waals surface area (Å²) < 4.78 is 0. The Morgan fingerprint density at radius 1 is 1.31 bits per heavy atom. The highest BCUT2D eigenvalue weighted by atomic mass is 32.1. The van der Waals surface area contributed by atoms with Crippen molar-refractivity contribution in [3.8, 4) is 0 Å². The van der Waals surface area contributed by atoms with Crippen molar-refractivity contribution in [2.45, 2.75) is 64.5 Å². The Bertz CT molecular complexity index is 798. The molecular weight excluding hydrogens is 344 g/mol. The van der Waals surface area contributed by atoms with Gasteiger partial charge in [-0.3, -0.25) is 4.79 Å². The summed E-state index contributed by atoms with van der Waals surface area (Å²) >= 11 is 5.69. The van der Waals surface area contributed by atoms with Gasteiger partial charge in [0.1, 0.15) is 5.82 Å². The zero-order valence-electron chi connectivity index (χ0n) is 15.5. The number of nitrogens with zero attached hydrogens (tertiary/aromatic N) is 2. The summed E-state index contributed by atoms with van der Waals surface area (Å²) in [5, 5.41) is 4.94. The van der Waals surface area contributed by atoms with Crippen molar-refractivity contribution < 1.29 is 0 Å². The second-order valence-electron chi connectivity index (χ2n) is 7.09. The van der Waals surface area contributed by atoms with Crippen LogP contribution in [0.25, 0.3) is 10.9 Å². The van der Waals surface area contributed by atoms with E-state index in [1.165, 1.54) is 32.1 Å². The van der Waals surface area contributed by atoms with Crippen LogP contribution >= 0.6 is 12.2 Å². The zero-order chi connectivity index (χ0) is 18.4. The number of aromatic nitrogens is 2. The molecule has 0 atom stereocenters. The predicted molar refractivity (Wildman–Crippen MR) is 110 cm³/mol. The molecule has 0 saturated heterocycles. The minimum atomic E-state index is -0.0906. The average molecular weight is 373 g/mol. The van der Waals surface area contributed by atoms with Crippen molar-refractivity contribution in [3.63, 3.8) is 0 Å². The SMILES string of the molecule is CCCCN(Cc1nc2ccccc2c(=O)[nH]1)C(=S)NC1CCCCC1. The number of thiocarbonyl (C=S) groups is 1. The average Bonchev–Trinajstić information content (AvgIpc) is 2.66. The van der Waals surface area contributed by atoms with Crippen molar-refractivity contribution in [2.24, 2.45) is 0 Å². The van der Waals surface area contributed by atoms with E-state index in [1.807, 2.05) is 18.2 Å². The second kappa shape index (κ2) is 9.12. The van der Waals surface area contributed by atoms with Gasteiger partial charge in [-0.2, -0.15) is 0 Å². The van der Waals surface area contributed by atoms with Crippen LogP contribution in [-0.4, -0.2) is 32.6 Å². The molecular formula is C20H28N4OS. The van der Waals surface area contributed by atoms with Gasteiger partial charge < -0.3 is 15.2 Å². The first kappa shape index (κ1) is 18.8. The molecule has 5 nitrogen and oxygen atoms in total. The van der Waals surface area contributed by atoms with E-state index < -0.39 is 0 Å². The lowest BCUT2D eigenvalue weighted by Gasteiger charge is -2.30. The fraction of sp³-hybridized carbons (Fsp3) is 0.550. The third-order valence-electron chi connectivity index (χ3n) is 5.00. The summed E-state index contributed by atoms with van der Waals surface area (Å²) in [6.07, 6.45) is 8.41. The molecule has 1 aliphatic carbocycles. The van der Waals surface area contributed by atoms with Crippen LogP contribution in [-0.2, 0) is 6.54 Å². The molecule has 0 spiro atoms. The maximum atomic E-state index is 12.3. The van der Waals surface area contributed by atoms with Crippen molar-refractivity contribution in [2.75, 3.05) is 6.54 Å². The van der Waals surface area contributed by atoms with Crippen LogP contribution in [0.15, 0.2) is 29.1 Å². The summed E-state index contributed by atoms with van der Waals surface area (Å²) in [6, 6.07) is 7.92. The number of aromatic amines is 1. The third-order valence-corrected chi connectivity index (χ3v) is 5.38. The van der Waals surface area contributed by atoms with Crippen LogP contribution in [0.1, 0.15) is 57.7 Å². The van der Waals surface area contributed by atoms with E-state index in [-0.39, 0.29) is 5.56 Å². The van der Waals surface area contributed by atoms with Crippen LogP contribution in [0.4, 0.5) is 0 Å². The smallest absolute Gasteiger partial charge is 0.258 e. The Hall–Kier alpha value is -1.95. The first-order chi connectivity index (χ1) is 12.7. The van der Waals surface area contributed by atoms with E-state index in [2.05, 4.69) is 27.1 Å². The molecule has 1 heterocycles. The zero-order valence-corrected chi connectivity index (χ0v) is 16.3. The topological polar surface area (TPSA) is 61.0 Å². The number of para-hydroxylation sites is 1. The quantitative estimate of drug-likeness (QED) is 0.757. The minimum absolute atomic E-state index is 0.0906. The standard InChI is InChI=1S/C20H28N4OS/c1-2-3-13-24(20(26)21-15-9-5-4-6-10-15)14-18-22-17-12-8-7-11-16(17)19(25)23-18/h7-8,11-12,15H,2-6,9-10,13-14H2,1H3,(H,21,26)(H,22,23,25). The van der Waals surface area contributed by atoms with Gasteiger partial charge in [0.05, 0.1) is 17.4 Å². The van der Waals surface area contributed by atoms with Gasteiger partial charge in [0.2, 0.25) is 0 Å². The molecule has 2 aromatic rings. The van der Waals surface area contributed by atoms with Gasteiger partial charge in [0.25, 0.3) is 5.56 Å². The number of hydrogen-bond acceptors (Lipinski definition) is 3. The molecule has 1 saturated carbocycles. The summed E-state index contributed by atoms with van der Waals surface area (Å²) in [6.45, 7) is 3.57. The maximum Gasteiger partial charge on any atom is 0.258 e. The van der Waals surface area contributed by atoms with E-state index in [0.29, 0.717) is 23.8 Å². The van der Waals surface area contributed by atoms with E-state index >= 15 is 0 Å². The van der Waals surface area contributed by atoms with Gasteiger partial charge in [0, 0.05) is 12.6 Å².